The number of imide groups is 1. The van der Waals surface area contributed by atoms with Gasteiger partial charge in [0.05, 0.1) is 11.3 Å². The lowest BCUT2D eigenvalue weighted by atomic mass is 10.0. The number of carbonyl (C=O) groups is 2. The Morgan fingerprint density at radius 2 is 2.27 bits per heavy atom. The molecular weight excluding hydrogens is 164 g/mol. The number of carbonyl (C=O) groups excluding carboxylic acids is 2. The van der Waals surface area contributed by atoms with Gasteiger partial charge in [-0.2, -0.15) is 0 Å². The largest absolute Gasteiger partial charge is 0.325 e. The number of urea groups is 1. The first-order valence-electron chi connectivity index (χ1n) is 3.50. The van der Waals surface area contributed by atoms with Gasteiger partial charge >= 0.3 is 6.03 Å². The lowest BCUT2D eigenvalue weighted by Gasteiger charge is -2.24. The summed E-state index contributed by atoms with van der Waals surface area (Å²) in [6.45, 7) is 0. The van der Waals surface area contributed by atoms with E-state index in [4.69, 9.17) is 0 Å². The number of fused-ring (bicyclic) bond motifs is 1. The van der Waals surface area contributed by atoms with Gasteiger partial charge in [0.2, 0.25) is 5.91 Å². The average Bonchev–Trinajstić information content (AvgIpc) is 2.34. The first-order valence-corrected chi connectivity index (χ1v) is 4.55. The molecule has 0 radical (unpaired) electrons. The summed E-state index contributed by atoms with van der Waals surface area (Å²) in [6, 6.07) is -0.356. The third-order valence-corrected chi connectivity index (χ3v) is 3.22. The number of thioether (sulfide) groups is 1. The standard InChI is InChI=1S/C6H8N2O2S/c9-4-3-1-2-11-5(3)8-6(10)7-4/h3,5H,1-2H2,(H2,7,8,9,10). The van der Waals surface area contributed by atoms with E-state index in [-0.39, 0.29) is 23.2 Å². The van der Waals surface area contributed by atoms with Gasteiger partial charge in [-0.3, -0.25) is 10.1 Å². The first-order chi connectivity index (χ1) is 5.27. The van der Waals surface area contributed by atoms with Crippen LogP contribution in [0.1, 0.15) is 6.42 Å². The van der Waals surface area contributed by atoms with Crippen LogP contribution in [0.5, 0.6) is 0 Å². The molecule has 3 amide bonds. The van der Waals surface area contributed by atoms with Gasteiger partial charge in [-0.1, -0.05) is 0 Å². The molecule has 4 nitrogen and oxygen atoms in total. The second-order valence-electron chi connectivity index (χ2n) is 2.65. The van der Waals surface area contributed by atoms with Gasteiger partial charge in [-0.25, -0.2) is 4.79 Å². The van der Waals surface area contributed by atoms with Crippen molar-refractivity contribution >= 4 is 23.7 Å². The lowest BCUT2D eigenvalue weighted by Crippen LogP contribution is -2.55. The van der Waals surface area contributed by atoms with Crippen molar-refractivity contribution in [2.75, 3.05) is 5.75 Å². The van der Waals surface area contributed by atoms with Gasteiger partial charge in [0.25, 0.3) is 0 Å². The molecule has 60 valence electrons. The van der Waals surface area contributed by atoms with Crippen LogP contribution in [-0.4, -0.2) is 23.1 Å². The van der Waals surface area contributed by atoms with Crippen molar-refractivity contribution in [2.24, 2.45) is 5.92 Å². The molecule has 2 fully saturated rings. The van der Waals surface area contributed by atoms with Gasteiger partial charge in [-0.15, -0.1) is 11.8 Å². The Bertz CT molecular complexity index is 219. The van der Waals surface area contributed by atoms with Gasteiger partial charge in [-0.05, 0) is 12.2 Å². The predicted molar refractivity (Wildman–Crippen MR) is 41.0 cm³/mol. The van der Waals surface area contributed by atoms with Crippen molar-refractivity contribution in [1.82, 2.24) is 10.6 Å². The molecule has 2 unspecified atom stereocenters. The molecule has 0 aromatic heterocycles. The Morgan fingerprint density at radius 3 is 3.09 bits per heavy atom. The molecule has 2 aliphatic rings. The van der Waals surface area contributed by atoms with E-state index in [2.05, 4.69) is 10.6 Å². The Kier molecular flexibility index (Phi) is 1.52. The van der Waals surface area contributed by atoms with E-state index in [9.17, 15) is 9.59 Å². The zero-order valence-corrected chi connectivity index (χ0v) is 6.61. The van der Waals surface area contributed by atoms with Crippen molar-refractivity contribution in [3.05, 3.63) is 0 Å². The van der Waals surface area contributed by atoms with Crippen LogP contribution in [0.25, 0.3) is 0 Å². The average molecular weight is 172 g/mol. The molecule has 2 rings (SSSR count). The summed E-state index contributed by atoms with van der Waals surface area (Å²) in [4.78, 5) is 21.9. The third-order valence-electron chi connectivity index (χ3n) is 1.94. The smallest absolute Gasteiger partial charge is 0.322 e. The van der Waals surface area contributed by atoms with Crippen LogP contribution in [0, 0.1) is 5.92 Å². The predicted octanol–water partition coefficient (Wildman–Crippen LogP) is -0.0950. The maximum Gasteiger partial charge on any atom is 0.322 e. The van der Waals surface area contributed by atoms with E-state index in [0.29, 0.717) is 0 Å². The molecule has 0 bridgehead atoms. The minimum Gasteiger partial charge on any atom is -0.325 e. The van der Waals surface area contributed by atoms with E-state index in [1.165, 1.54) is 0 Å². The van der Waals surface area contributed by atoms with E-state index in [0.717, 1.165) is 12.2 Å². The second kappa shape index (κ2) is 2.41. The molecule has 5 heteroatoms. The topological polar surface area (TPSA) is 58.2 Å². The summed E-state index contributed by atoms with van der Waals surface area (Å²) in [7, 11) is 0. The van der Waals surface area contributed by atoms with Gasteiger partial charge in [0, 0.05) is 0 Å². The van der Waals surface area contributed by atoms with E-state index in [1.807, 2.05) is 0 Å². The van der Waals surface area contributed by atoms with Crippen LogP contribution in [0.3, 0.4) is 0 Å². The highest BCUT2D eigenvalue weighted by molar-refractivity contribution is 8.00. The molecule has 0 aromatic carbocycles. The summed E-state index contributed by atoms with van der Waals surface area (Å²) in [5, 5.41) is 4.97. The molecule has 2 atom stereocenters. The molecule has 0 saturated carbocycles. The Balaban J connectivity index is 2.16. The summed E-state index contributed by atoms with van der Waals surface area (Å²) in [6.07, 6.45) is 0.876. The number of rotatable bonds is 0. The SMILES string of the molecule is O=C1NC(=O)C2CCSC2N1. The monoisotopic (exact) mass is 172 g/mol. The maximum atomic E-state index is 11.1. The second-order valence-corrected chi connectivity index (χ2v) is 3.90. The molecule has 2 heterocycles. The summed E-state index contributed by atoms with van der Waals surface area (Å²) in [5.41, 5.74) is 0. The number of hydrogen-bond acceptors (Lipinski definition) is 3. The number of hydrogen-bond donors (Lipinski definition) is 2. The zero-order valence-electron chi connectivity index (χ0n) is 5.79. The van der Waals surface area contributed by atoms with Crippen molar-refractivity contribution in [3.63, 3.8) is 0 Å². The molecular formula is C6H8N2O2S. The fourth-order valence-corrected chi connectivity index (χ4v) is 2.70. The van der Waals surface area contributed by atoms with Crippen molar-refractivity contribution < 1.29 is 9.59 Å². The molecule has 2 saturated heterocycles. The van der Waals surface area contributed by atoms with Crippen LogP contribution in [0.15, 0.2) is 0 Å². The summed E-state index contributed by atoms with van der Waals surface area (Å²) in [5.74, 6) is 0.838. The van der Waals surface area contributed by atoms with Crippen LogP contribution in [0.2, 0.25) is 0 Å². The maximum absolute atomic E-state index is 11.1. The number of amides is 3. The third kappa shape index (κ3) is 1.09. The molecule has 0 aliphatic carbocycles. The Hall–Kier alpha value is -0.710. The fourth-order valence-electron chi connectivity index (χ4n) is 1.37. The Labute approximate surface area is 68.1 Å². The first kappa shape index (κ1) is 6.97. The quantitative estimate of drug-likeness (QED) is 0.536. The molecule has 0 aromatic rings. The van der Waals surface area contributed by atoms with Crippen molar-refractivity contribution in [3.8, 4) is 0 Å². The van der Waals surface area contributed by atoms with Crippen molar-refractivity contribution in [1.29, 1.82) is 0 Å². The van der Waals surface area contributed by atoms with Crippen LogP contribution >= 0.6 is 11.8 Å². The van der Waals surface area contributed by atoms with Gasteiger partial charge in [0.15, 0.2) is 0 Å². The molecule has 11 heavy (non-hydrogen) atoms. The molecule has 0 spiro atoms. The molecule has 2 N–H and O–H groups in total. The normalized spacial score (nSPS) is 36.0. The zero-order chi connectivity index (χ0) is 7.84. The van der Waals surface area contributed by atoms with Crippen LogP contribution < -0.4 is 10.6 Å². The highest BCUT2D eigenvalue weighted by atomic mass is 32.2. The van der Waals surface area contributed by atoms with E-state index >= 15 is 0 Å². The highest BCUT2D eigenvalue weighted by Gasteiger charge is 2.39. The summed E-state index contributed by atoms with van der Waals surface area (Å²) < 4.78 is 0. The van der Waals surface area contributed by atoms with Crippen LogP contribution in [0.4, 0.5) is 4.79 Å². The fraction of sp³-hybridized carbons (Fsp3) is 0.667. The summed E-state index contributed by atoms with van der Waals surface area (Å²) >= 11 is 1.64. The molecule has 2 aliphatic heterocycles. The minimum absolute atomic E-state index is 0.00213. The van der Waals surface area contributed by atoms with Crippen molar-refractivity contribution in [2.45, 2.75) is 11.8 Å². The highest BCUT2D eigenvalue weighted by Crippen LogP contribution is 2.31. The lowest BCUT2D eigenvalue weighted by molar-refractivity contribution is -0.124. The Morgan fingerprint density at radius 1 is 1.45 bits per heavy atom. The van der Waals surface area contributed by atoms with Gasteiger partial charge < -0.3 is 5.32 Å². The van der Waals surface area contributed by atoms with Crippen LogP contribution in [-0.2, 0) is 4.79 Å². The minimum atomic E-state index is -0.356. The number of nitrogens with one attached hydrogen (secondary N) is 2. The van der Waals surface area contributed by atoms with E-state index < -0.39 is 0 Å². The van der Waals surface area contributed by atoms with E-state index in [1.54, 1.807) is 11.8 Å². The van der Waals surface area contributed by atoms with Gasteiger partial charge in [0.1, 0.15) is 0 Å².